The van der Waals surface area contributed by atoms with Gasteiger partial charge in [-0.3, -0.25) is 9.10 Å². The van der Waals surface area contributed by atoms with Crippen LogP contribution in [0.2, 0.25) is 0 Å². The Kier molecular flexibility index (Phi) is 7.35. The van der Waals surface area contributed by atoms with Crippen LogP contribution in [0.5, 0.6) is 17.2 Å². The quantitative estimate of drug-likeness (QED) is 0.649. The van der Waals surface area contributed by atoms with Gasteiger partial charge in [-0.2, -0.15) is 0 Å². The first kappa shape index (κ1) is 20.9. The van der Waals surface area contributed by atoms with Gasteiger partial charge in [0, 0.05) is 25.2 Å². The molecule has 1 aromatic carbocycles. The summed E-state index contributed by atoms with van der Waals surface area (Å²) in [5, 5.41) is 0. The van der Waals surface area contributed by atoms with Gasteiger partial charge in [0.2, 0.25) is 21.7 Å². The van der Waals surface area contributed by atoms with E-state index in [-0.39, 0.29) is 18.1 Å². The molecule has 8 nitrogen and oxygen atoms in total. The second kappa shape index (κ2) is 8.80. The minimum atomic E-state index is -3.70. The number of rotatable bonds is 9. The van der Waals surface area contributed by atoms with Gasteiger partial charge in [-0.05, 0) is 13.8 Å². The van der Waals surface area contributed by atoms with Crippen LogP contribution >= 0.6 is 0 Å². The Hall–Kier alpha value is -2.16. The smallest absolute Gasteiger partial charge is 0.243 e. The van der Waals surface area contributed by atoms with Crippen molar-refractivity contribution in [2.24, 2.45) is 0 Å². The van der Waals surface area contributed by atoms with E-state index < -0.39 is 10.0 Å². The van der Waals surface area contributed by atoms with E-state index in [4.69, 9.17) is 14.2 Å². The summed E-state index contributed by atoms with van der Waals surface area (Å²) >= 11 is 0. The third-order valence-corrected chi connectivity index (χ3v) is 4.87. The molecule has 9 heteroatoms. The fourth-order valence-corrected chi connectivity index (χ4v) is 3.24. The van der Waals surface area contributed by atoms with Crippen molar-refractivity contribution in [2.45, 2.75) is 13.8 Å². The number of sulfonamides is 1. The Morgan fingerprint density at radius 3 is 1.80 bits per heavy atom. The zero-order valence-corrected chi connectivity index (χ0v) is 16.3. The Morgan fingerprint density at radius 1 is 1.00 bits per heavy atom. The fraction of sp³-hybridized carbons (Fsp3) is 0.562. The number of likely N-dealkylation sites (N-methyl/N-ethyl adjacent to an activating group) is 1. The maximum atomic E-state index is 12.4. The molecule has 0 N–H and O–H groups in total. The largest absolute Gasteiger partial charge is 0.493 e. The molecule has 1 amide bonds. The second-order valence-corrected chi connectivity index (χ2v) is 7.13. The number of hydrogen-bond acceptors (Lipinski definition) is 6. The fourth-order valence-electron chi connectivity index (χ4n) is 2.41. The minimum absolute atomic E-state index is 0.262. The van der Waals surface area contributed by atoms with Crippen molar-refractivity contribution in [1.82, 2.24) is 4.90 Å². The van der Waals surface area contributed by atoms with Gasteiger partial charge < -0.3 is 19.1 Å². The predicted molar refractivity (Wildman–Crippen MR) is 96.2 cm³/mol. The molecular weight excluding hydrogens is 348 g/mol. The van der Waals surface area contributed by atoms with Crippen molar-refractivity contribution in [2.75, 3.05) is 51.5 Å². The van der Waals surface area contributed by atoms with E-state index in [1.54, 1.807) is 4.90 Å². The summed E-state index contributed by atoms with van der Waals surface area (Å²) in [6.07, 6.45) is 1.05. The van der Waals surface area contributed by atoms with E-state index in [9.17, 15) is 13.2 Å². The van der Waals surface area contributed by atoms with Gasteiger partial charge in [-0.25, -0.2) is 8.42 Å². The molecular formula is C16H26N2O6S. The molecule has 0 heterocycles. The van der Waals surface area contributed by atoms with Gasteiger partial charge in [-0.1, -0.05) is 0 Å². The topological polar surface area (TPSA) is 85.4 Å². The summed E-state index contributed by atoms with van der Waals surface area (Å²) in [6.45, 7) is 4.38. The molecule has 0 saturated carbocycles. The summed E-state index contributed by atoms with van der Waals surface area (Å²) < 4.78 is 41.3. The first-order valence-corrected chi connectivity index (χ1v) is 9.63. The molecule has 0 saturated heterocycles. The summed E-state index contributed by atoms with van der Waals surface area (Å²) in [5.41, 5.74) is 0.262. The first-order chi connectivity index (χ1) is 11.7. The monoisotopic (exact) mass is 374 g/mol. The van der Waals surface area contributed by atoms with Crippen LogP contribution in [0.4, 0.5) is 5.69 Å². The van der Waals surface area contributed by atoms with E-state index in [0.717, 1.165) is 10.6 Å². The summed E-state index contributed by atoms with van der Waals surface area (Å²) in [6, 6.07) is 3.00. The van der Waals surface area contributed by atoms with E-state index in [1.807, 2.05) is 13.8 Å². The van der Waals surface area contributed by atoms with Crippen LogP contribution in [-0.2, 0) is 14.8 Å². The molecule has 0 radical (unpaired) electrons. The normalized spacial score (nSPS) is 11.0. The number of ether oxygens (including phenoxy) is 3. The molecule has 0 bridgehead atoms. The van der Waals surface area contributed by atoms with E-state index in [2.05, 4.69) is 0 Å². The number of anilines is 1. The summed E-state index contributed by atoms with van der Waals surface area (Å²) in [5.74, 6) is 0.669. The van der Waals surface area contributed by atoms with E-state index >= 15 is 0 Å². The first-order valence-electron chi connectivity index (χ1n) is 7.78. The molecule has 0 unspecified atom stereocenters. The minimum Gasteiger partial charge on any atom is -0.493 e. The maximum Gasteiger partial charge on any atom is 0.243 e. The standard InChI is InChI=1S/C16H26N2O6S/c1-7-17(8-2)15(19)11-18(25(6,20)21)12-9-13(22-3)16(24-5)14(10-12)23-4/h9-10H,7-8,11H2,1-6H3. The van der Waals surface area contributed by atoms with Gasteiger partial charge in [0.1, 0.15) is 6.54 Å². The van der Waals surface area contributed by atoms with Crippen LogP contribution < -0.4 is 18.5 Å². The van der Waals surface area contributed by atoms with Crippen LogP contribution in [0.3, 0.4) is 0 Å². The number of hydrogen-bond donors (Lipinski definition) is 0. The van der Waals surface area contributed by atoms with Crippen molar-refractivity contribution in [3.8, 4) is 17.2 Å². The second-order valence-electron chi connectivity index (χ2n) is 5.22. The third kappa shape index (κ3) is 4.91. The SMILES string of the molecule is CCN(CC)C(=O)CN(c1cc(OC)c(OC)c(OC)c1)S(C)(=O)=O. The zero-order valence-electron chi connectivity index (χ0n) is 15.5. The van der Waals surface area contributed by atoms with Gasteiger partial charge in [0.15, 0.2) is 11.5 Å². The lowest BCUT2D eigenvalue weighted by atomic mass is 10.2. The van der Waals surface area contributed by atoms with Crippen LogP contribution in [0.25, 0.3) is 0 Å². The number of methoxy groups -OCH3 is 3. The number of nitrogens with zero attached hydrogens (tertiary/aromatic N) is 2. The molecule has 0 aromatic heterocycles. The highest BCUT2D eigenvalue weighted by Gasteiger charge is 2.26. The third-order valence-electron chi connectivity index (χ3n) is 3.73. The average molecular weight is 374 g/mol. The van der Waals surface area contributed by atoms with Crippen molar-refractivity contribution in [3.63, 3.8) is 0 Å². The lowest BCUT2D eigenvalue weighted by Crippen LogP contribution is -2.42. The van der Waals surface area contributed by atoms with Gasteiger partial charge in [0.05, 0.1) is 33.3 Å². The molecule has 1 rings (SSSR count). The van der Waals surface area contributed by atoms with Crippen LogP contribution in [-0.4, -0.2) is 66.4 Å². The van der Waals surface area contributed by atoms with Crippen molar-refractivity contribution in [1.29, 1.82) is 0 Å². The summed E-state index contributed by atoms with van der Waals surface area (Å²) in [7, 11) is 0.633. The van der Waals surface area contributed by atoms with Gasteiger partial charge in [0.25, 0.3) is 0 Å². The molecule has 0 fully saturated rings. The van der Waals surface area contributed by atoms with Crippen molar-refractivity contribution in [3.05, 3.63) is 12.1 Å². The van der Waals surface area contributed by atoms with Crippen molar-refractivity contribution < 1.29 is 27.4 Å². The lowest BCUT2D eigenvalue weighted by molar-refractivity contribution is -0.129. The Balaban J connectivity index is 3.40. The van der Waals surface area contributed by atoms with E-state index in [1.165, 1.54) is 33.5 Å². The number of carbonyl (C=O) groups excluding carboxylic acids is 1. The molecule has 0 aliphatic rings. The van der Waals surface area contributed by atoms with Crippen LogP contribution in [0.15, 0.2) is 12.1 Å². The molecule has 0 atom stereocenters. The Labute approximate surface area is 149 Å². The van der Waals surface area contributed by atoms with Crippen molar-refractivity contribution >= 4 is 21.6 Å². The molecule has 0 aliphatic heterocycles. The highest BCUT2D eigenvalue weighted by molar-refractivity contribution is 7.92. The zero-order chi connectivity index (χ0) is 19.2. The number of benzene rings is 1. The van der Waals surface area contributed by atoms with Crippen LogP contribution in [0.1, 0.15) is 13.8 Å². The maximum absolute atomic E-state index is 12.4. The number of amides is 1. The Morgan fingerprint density at radius 2 is 1.48 bits per heavy atom. The molecule has 0 spiro atoms. The molecule has 0 aliphatic carbocycles. The molecule has 25 heavy (non-hydrogen) atoms. The molecule has 1 aromatic rings. The van der Waals surface area contributed by atoms with Gasteiger partial charge in [-0.15, -0.1) is 0 Å². The summed E-state index contributed by atoms with van der Waals surface area (Å²) in [4.78, 5) is 14.0. The average Bonchev–Trinajstić information content (AvgIpc) is 2.58. The lowest BCUT2D eigenvalue weighted by Gasteiger charge is -2.27. The molecule has 142 valence electrons. The highest BCUT2D eigenvalue weighted by Crippen LogP contribution is 2.41. The predicted octanol–water partition coefficient (Wildman–Crippen LogP) is 1.35. The Bertz CT molecular complexity index is 676. The van der Waals surface area contributed by atoms with E-state index in [0.29, 0.717) is 30.3 Å². The highest BCUT2D eigenvalue weighted by atomic mass is 32.2. The van der Waals surface area contributed by atoms with Crippen LogP contribution in [0, 0.1) is 0 Å². The van der Waals surface area contributed by atoms with Gasteiger partial charge >= 0.3 is 0 Å². The number of carbonyl (C=O) groups is 1.